The van der Waals surface area contributed by atoms with Gasteiger partial charge in [-0.25, -0.2) is 0 Å². The molecule has 0 atom stereocenters. The maximum atomic E-state index is 10.7. The molecule has 2 aromatic rings. The van der Waals surface area contributed by atoms with Gasteiger partial charge in [-0.2, -0.15) is 0 Å². The average molecular weight is 210 g/mol. The third kappa shape index (κ3) is 1.65. The van der Waals surface area contributed by atoms with Gasteiger partial charge in [0.15, 0.2) is 0 Å². The third-order valence-electron chi connectivity index (χ3n) is 2.90. The molecule has 2 rings (SSSR count). The molecule has 0 unspecified atom stereocenters. The summed E-state index contributed by atoms with van der Waals surface area (Å²) in [6.07, 6.45) is 3.76. The number of rotatable bonds is 3. The SMILES string of the molecule is C=Cc1c(CC)ccc2cc(C=O)ccc12. The summed E-state index contributed by atoms with van der Waals surface area (Å²) < 4.78 is 0. The summed E-state index contributed by atoms with van der Waals surface area (Å²) in [5, 5.41) is 2.26. The molecule has 1 nitrogen and oxygen atoms in total. The third-order valence-corrected chi connectivity index (χ3v) is 2.90. The van der Waals surface area contributed by atoms with E-state index >= 15 is 0 Å². The van der Waals surface area contributed by atoms with Crippen molar-refractivity contribution in [3.63, 3.8) is 0 Å². The number of carbonyl (C=O) groups is 1. The molecular formula is C15H14O. The van der Waals surface area contributed by atoms with Gasteiger partial charge in [0.2, 0.25) is 0 Å². The van der Waals surface area contributed by atoms with E-state index in [1.807, 2.05) is 24.3 Å². The van der Waals surface area contributed by atoms with E-state index in [2.05, 4.69) is 25.6 Å². The van der Waals surface area contributed by atoms with Gasteiger partial charge in [0.1, 0.15) is 6.29 Å². The molecule has 16 heavy (non-hydrogen) atoms. The lowest BCUT2D eigenvalue weighted by molar-refractivity contribution is 0.112. The lowest BCUT2D eigenvalue weighted by Crippen LogP contribution is -1.89. The molecule has 0 bridgehead atoms. The zero-order chi connectivity index (χ0) is 11.5. The van der Waals surface area contributed by atoms with E-state index in [4.69, 9.17) is 0 Å². The zero-order valence-electron chi connectivity index (χ0n) is 9.36. The fourth-order valence-corrected chi connectivity index (χ4v) is 2.04. The molecule has 0 fully saturated rings. The first-order chi connectivity index (χ1) is 7.80. The van der Waals surface area contributed by atoms with E-state index in [9.17, 15) is 4.79 Å². The fraction of sp³-hybridized carbons (Fsp3) is 0.133. The number of aldehydes is 1. The molecule has 0 aliphatic rings. The summed E-state index contributed by atoms with van der Waals surface area (Å²) in [5.41, 5.74) is 3.19. The molecule has 1 heteroatoms. The Labute approximate surface area is 95.4 Å². The van der Waals surface area contributed by atoms with Crippen molar-refractivity contribution >= 4 is 23.1 Å². The number of benzene rings is 2. The standard InChI is InChI=1S/C15H14O/c1-3-12-6-7-13-9-11(10-16)5-8-15(13)14(12)4-2/h4-10H,2-3H2,1H3. The Balaban J connectivity index is 2.78. The molecule has 2 aromatic carbocycles. The van der Waals surface area contributed by atoms with Gasteiger partial charge >= 0.3 is 0 Å². The van der Waals surface area contributed by atoms with Crippen LogP contribution in [0.2, 0.25) is 0 Å². The Morgan fingerprint density at radius 1 is 1.25 bits per heavy atom. The van der Waals surface area contributed by atoms with Crippen LogP contribution in [-0.2, 0) is 6.42 Å². The van der Waals surface area contributed by atoms with Gasteiger partial charge in [-0.1, -0.05) is 43.8 Å². The van der Waals surface area contributed by atoms with Crippen molar-refractivity contribution in [2.45, 2.75) is 13.3 Å². The van der Waals surface area contributed by atoms with E-state index in [0.29, 0.717) is 5.56 Å². The van der Waals surface area contributed by atoms with E-state index in [0.717, 1.165) is 18.1 Å². The summed E-state index contributed by atoms with van der Waals surface area (Å²) in [5.74, 6) is 0. The minimum atomic E-state index is 0.715. The minimum Gasteiger partial charge on any atom is -0.298 e. The number of carbonyl (C=O) groups excluding carboxylic acids is 1. The fourth-order valence-electron chi connectivity index (χ4n) is 2.04. The molecule has 0 aromatic heterocycles. The molecule has 0 aliphatic carbocycles. The normalized spacial score (nSPS) is 10.3. The maximum absolute atomic E-state index is 10.7. The topological polar surface area (TPSA) is 17.1 Å². The molecule has 0 saturated heterocycles. The zero-order valence-corrected chi connectivity index (χ0v) is 9.36. The highest BCUT2D eigenvalue weighted by molar-refractivity contribution is 5.95. The van der Waals surface area contributed by atoms with Crippen LogP contribution in [0.1, 0.15) is 28.4 Å². The second kappa shape index (κ2) is 4.31. The van der Waals surface area contributed by atoms with Crippen LogP contribution in [0.15, 0.2) is 36.9 Å². The van der Waals surface area contributed by atoms with E-state index < -0.39 is 0 Å². The molecule has 0 radical (unpaired) electrons. The van der Waals surface area contributed by atoms with E-state index in [1.165, 1.54) is 16.5 Å². The maximum Gasteiger partial charge on any atom is 0.150 e. The van der Waals surface area contributed by atoms with Gasteiger partial charge in [-0.15, -0.1) is 0 Å². The smallest absolute Gasteiger partial charge is 0.150 e. The number of fused-ring (bicyclic) bond motifs is 1. The Hall–Kier alpha value is -1.89. The van der Waals surface area contributed by atoms with Crippen molar-refractivity contribution in [2.75, 3.05) is 0 Å². The Bertz CT molecular complexity index is 553. The van der Waals surface area contributed by atoms with Gasteiger partial charge in [0.25, 0.3) is 0 Å². The summed E-state index contributed by atoms with van der Waals surface area (Å²) in [7, 11) is 0. The lowest BCUT2D eigenvalue weighted by atomic mass is 9.96. The highest BCUT2D eigenvalue weighted by Gasteiger charge is 2.03. The largest absolute Gasteiger partial charge is 0.298 e. The van der Waals surface area contributed by atoms with Crippen molar-refractivity contribution < 1.29 is 4.79 Å². The highest BCUT2D eigenvalue weighted by Crippen LogP contribution is 2.24. The molecule has 0 spiro atoms. The van der Waals surface area contributed by atoms with Crippen molar-refractivity contribution in [1.29, 1.82) is 0 Å². The van der Waals surface area contributed by atoms with Crippen LogP contribution in [-0.4, -0.2) is 6.29 Å². The van der Waals surface area contributed by atoms with E-state index in [-0.39, 0.29) is 0 Å². The van der Waals surface area contributed by atoms with Crippen LogP contribution in [0.3, 0.4) is 0 Å². The van der Waals surface area contributed by atoms with Gasteiger partial charge in [-0.05, 0) is 34.4 Å². The van der Waals surface area contributed by atoms with Crippen LogP contribution in [0.5, 0.6) is 0 Å². The lowest BCUT2D eigenvalue weighted by Gasteiger charge is -2.08. The first-order valence-corrected chi connectivity index (χ1v) is 5.43. The van der Waals surface area contributed by atoms with Gasteiger partial charge < -0.3 is 0 Å². The van der Waals surface area contributed by atoms with Crippen LogP contribution in [0.4, 0.5) is 0 Å². The second-order valence-electron chi connectivity index (χ2n) is 3.79. The van der Waals surface area contributed by atoms with Gasteiger partial charge in [0.05, 0.1) is 0 Å². The molecule has 0 N–H and O–H groups in total. The summed E-state index contributed by atoms with van der Waals surface area (Å²) >= 11 is 0. The Morgan fingerprint density at radius 3 is 2.69 bits per heavy atom. The monoisotopic (exact) mass is 210 g/mol. The van der Waals surface area contributed by atoms with Crippen LogP contribution in [0, 0.1) is 0 Å². The molecular weight excluding hydrogens is 196 g/mol. The summed E-state index contributed by atoms with van der Waals surface area (Å²) in [4.78, 5) is 10.7. The predicted molar refractivity (Wildman–Crippen MR) is 68.8 cm³/mol. The van der Waals surface area contributed by atoms with Crippen molar-refractivity contribution in [3.8, 4) is 0 Å². The summed E-state index contributed by atoms with van der Waals surface area (Å²) in [6, 6.07) is 9.92. The number of hydrogen-bond donors (Lipinski definition) is 0. The molecule has 0 amide bonds. The Kier molecular flexibility index (Phi) is 2.86. The van der Waals surface area contributed by atoms with Crippen molar-refractivity contribution in [3.05, 3.63) is 53.6 Å². The molecule has 0 heterocycles. The second-order valence-corrected chi connectivity index (χ2v) is 3.79. The van der Waals surface area contributed by atoms with Crippen LogP contribution < -0.4 is 0 Å². The number of aryl methyl sites for hydroxylation is 1. The molecule has 0 aliphatic heterocycles. The van der Waals surface area contributed by atoms with Gasteiger partial charge in [0, 0.05) is 5.56 Å². The average Bonchev–Trinajstić information content (AvgIpc) is 2.36. The quantitative estimate of drug-likeness (QED) is 0.703. The van der Waals surface area contributed by atoms with Crippen LogP contribution >= 0.6 is 0 Å². The first kappa shape index (κ1) is 10.6. The van der Waals surface area contributed by atoms with Crippen molar-refractivity contribution in [2.24, 2.45) is 0 Å². The predicted octanol–water partition coefficient (Wildman–Crippen LogP) is 3.86. The number of hydrogen-bond acceptors (Lipinski definition) is 1. The molecule has 0 saturated carbocycles. The summed E-state index contributed by atoms with van der Waals surface area (Å²) in [6.45, 7) is 6.00. The first-order valence-electron chi connectivity index (χ1n) is 5.43. The van der Waals surface area contributed by atoms with Crippen LogP contribution in [0.25, 0.3) is 16.8 Å². The van der Waals surface area contributed by atoms with E-state index in [1.54, 1.807) is 0 Å². The van der Waals surface area contributed by atoms with Gasteiger partial charge in [-0.3, -0.25) is 4.79 Å². The molecule has 80 valence electrons. The van der Waals surface area contributed by atoms with Crippen molar-refractivity contribution in [1.82, 2.24) is 0 Å². The minimum absolute atomic E-state index is 0.715. The highest BCUT2D eigenvalue weighted by atomic mass is 16.1. The Morgan fingerprint density at radius 2 is 2.06 bits per heavy atom.